The van der Waals surface area contributed by atoms with E-state index in [9.17, 15) is 13.2 Å². The Hall–Kier alpha value is -1.44. The predicted octanol–water partition coefficient (Wildman–Crippen LogP) is -0.182. The van der Waals surface area contributed by atoms with Crippen molar-refractivity contribution in [3.05, 3.63) is 29.8 Å². The predicted molar refractivity (Wildman–Crippen MR) is 73.2 cm³/mol. The Morgan fingerprint density at radius 3 is 2.58 bits per heavy atom. The van der Waals surface area contributed by atoms with Crippen molar-refractivity contribution in [3.8, 4) is 0 Å². The van der Waals surface area contributed by atoms with Crippen LogP contribution in [0.1, 0.15) is 12.0 Å². The molecule has 0 aliphatic carbocycles. The average Bonchev–Trinajstić information content (AvgIpc) is 2.73. The molecule has 0 bridgehead atoms. The van der Waals surface area contributed by atoms with Crippen LogP contribution in [0, 0.1) is 0 Å². The Labute approximate surface area is 112 Å². The van der Waals surface area contributed by atoms with E-state index >= 15 is 0 Å². The summed E-state index contributed by atoms with van der Waals surface area (Å²) in [6.45, 7) is 0.579. The Morgan fingerprint density at radius 2 is 2.05 bits per heavy atom. The van der Waals surface area contributed by atoms with Gasteiger partial charge in [0.1, 0.15) is 6.04 Å². The minimum absolute atomic E-state index is 0.000520. The van der Waals surface area contributed by atoms with E-state index < -0.39 is 16.1 Å². The molecule has 1 aromatic carbocycles. The lowest BCUT2D eigenvalue weighted by Crippen LogP contribution is -2.37. The quantitative estimate of drug-likeness (QED) is 0.713. The van der Waals surface area contributed by atoms with Crippen LogP contribution < -0.4 is 15.8 Å². The fourth-order valence-corrected chi connectivity index (χ4v) is 3.27. The van der Waals surface area contributed by atoms with E-state index in [2.05, 4.69) is 10.0 Å². The van der Waals surface area contributed by atoms with E-state index in [1.165, 1.54) is 0 Å². The Bertz CT molecular complexity index is 554. The number of benzene rings is 1. The summed E-state index contributed by atoms with van der Waals surface area (Å²) in [4.78, 5) is 11.9. The number of hydrogen-bond donors (Lipinski definition) is 3. The van der Waals surface area contributed by atoms with Gasteiger partial charge < -0.3 is 11.1 Å². The van der Waals surface area contributed by atoms with Gasteiger partial charge in [0, 0.05) is 5.69 Å². The Kier molecular flexibility index (Phi) is 4.18. The molecule has 7 heteroatoms. The minimum atomic E-state index is -3.27. The number of sulfonamides is 1. The van der Waals surface area contributed by atoms with Crippen molar-refractivity contribution in [1.82, 2.24) is 4.72 Å². The van der Waals surface area contributed by atoms with E-state index in [4.69, 9.17) is 5.73 Å². The zero-order chi connectivity index (χ0) is 13.9. The molecule has 1 fully saturated rings. The van der Waals surface area contributed by atoms with Gasteiger partial charge in [-0.1, -0.05) is 12.1 Å². The topological polar surface area (TPSA) is 101 Å². The largest absolute Gasteiger partial charge is 0.330 e. The number of nitrogens with one attached hydrogen (secondary N) is 2. The molecular formula is C12H17N3O3S. The van der Waals surface area contributed by atoms with Crippen LogP contribution in [0.25, 0.3) is 0 Å². The van der Waals surface area contributed by atoms with Crippen LogP contribution in [0.3, 0.4) is 0 Å². The highest BCUT2D eigenvalue weighted by Crippen LogP contribution is 2.13. The SMILES string of the molecule is NCCc1ccc(NC(=O)C2CCS(=O)(=O)N2)cc1. The van der Waals surface area contributed by atoms with E-state index in [0.29, 0.717) is 18.7 Å². The van der Waals surface area contributed by atoms with Crippen molar-refractivity contribution in [2.24, 2.45) is 5.73 Å². The molecule has 0 spiro atoms. The summed E-state index contributed by atoms with van der Waals surface area (Å²) in [6, 6.07) is 6.68. The number of anilines is 1. The van der Waals surface area contributed by atoms with Crippen LogP contribution in [0.15, 0.2) is 24.3 Å². The van der Waals surface area contributed by atoms with E-state index in [0.717, 1.165) is 12.0 Å². The molecule has 1 saturated heterocycles. The summed E-state index contributed by atoms with van der Waals surface area (Å²) in [5.41, 5.74) is 7.20. The van der Waals surface area contributed by atoms with Crippen molar-refractivity contribution in [2.75, 3.05) is 17.6 Å². The third kappa shape index (κ3) is 3.76. The summed E-state index contributed by atoms with van der Waals surface area (Å²) in [6.07, 6.45) is 1.09. The normalized spacial score (nSPS) is 21.2. The van der Waals surface area contributed by atoms with Crippen LogP contribution in [0.4, 0.5) is 5.69 Å². The van der Waals surface area contributed by atoms with Gasteiger partial charge in [0.05, 0.1) is 5.75 Å². The van der Waals surface area contributed by atoms with E-state index in [-0.39, 0.29) is 11.7 Å². The van der Waals surface area contributed by atoms with Gasteiger partial charge in [-0.05, 0) is 37.1 Å². The summed E-state index contributed by atoms with van der Waals surface area (Å²) in [5, 5.41) is 2.69. The summed E-state index contributed by atoms with van der Waals surface area (Å²) < 4.78 is 24.7. The molecule has 0 aromatic heterocycles. The number of hydrogen-bond acceptors (Lipinski definition) is 4. The second-order valence-electron chi connectivity index (χ2n) is 4.50. The number of carbonyl (C=O) groups is 1. The first-order chi connectivity index (χ1) is 9.00. The lowest BCUT2D eigenvalue weighted by molar-refractivity contribution is -0.117. The molecule has 1 aliphatic heterocycles. The molecule has 1 heterocycles. The first-order valence-electron chi connectivity index (χ1n) is 6.10. The molecule has 1 unspecified atom stereocenters. The van der Waals surface area contributed by atoms with Crippen molar-refractivity contribution in [3.63, 3.8) is 0 Å². The standard InChI is InChI=1S/C12H17N3O3S/c13-7-5-9-1-3-10(4-2-9)14-12(16)11-6-8-19(17,18)15-11/h1-4,11,15H,5-8,13H2,(H,14,16). The highest BCUT2D eigenvalue weighted by Gasteiger charge is 2.31. The Morgan fingerprint density at radius 1 is 1.37 bits per heavy atom. The van der Waals surface area contributed by atoms with Gasteiger partial charge >= 0.3 is 0 Å². The fourth-order valence-electron chi connectivity index (χ4n) is 1.94. The first-order valence-corrected chi connectivity index (χ1v) is 7.75. The Balaban J connectivity index is 1.95. The molecule has 104 valence electrons. The first kappa shape index (κ1) is 14.0. The third-order valence-electron chi connectivity index (χ3n) is 2.97. The van der Waals surface area contributed by atoms with Crippen LogP contribution in [-0.4, -0.2) is 32.7 Å². The molecular weight excluding hydrogens is 266 g/mol. The smallest absolute Gasteiger partial charge is 0.242 e. The van der Waals surface area contributed by atoms with Crippen LogP contribution >= 0.6 is 0 Å². The van der Waals surface area contributed by atoms with Gasteiger partial charge in [0.25, 0.3) is 0 Å². The van der Waals surface area contributed by atoms with Gasteiger partial charge in [-0.2, -0.15) is 0 Å². The van der Waals surface area contributed by atoms with Gasteiger partial charge in [0.2, 0.25) is 15.9 Å². The highest BCUT2D eigenvalue weighted by molar-refractivity contribution is 7.89. The molecule has 6 nitrogen and oxygen atoms in total. The van der Waals surface area contributed by atoms with Crippen LogP contribution in [-0.2, 0) is 21.2 Å². The highest BCUT2D eigenvalue weighted by atomic mass is 32.2. The monoisotopic (exact) mass is 283 g/mol. The maximum absolute atomic E-state index is 11.9. The van der Waals surface area contributed by atoms with Crippen LogP contribution in [0.2, 0.25) is 0 Å². The molecule has 0 radical (unpaired) electrons. The van der Waals surface area contributed by atoms with Crippen LogP contribution in [0.5, 0.6) is 0 Å². The number of carbonyl (C=O) groups excluding carboxylic acids is 1. The molecule has 1 aromatic rings. The summed E-state index contributed by atoms with van der Waals surface area (Å²) in [5.74, 6) is -0.326. The maximum Gasteiger partial charge on any atom is 0.242 e. The summed E-state index contributed by atoms with van der Waals surface area (Å²) >= 11 is 0. The third-order valence-corrected chi connectivity index (χ3v) is 4.38. The van der Waals surface area contributed by atoms with Crippen molar-refractivity contribution < 1.29 is 13.2 Å². The number of amides is 1. The molecule has 0 saturated carbocycles. The maximum atomic E-state index is 11.9. The van der Waals surface area contributed by atoms with Gasteiger partial charge in [0.15, 0.2) is 0 Å². The van der Waals surface area contributed by atoms with Gasteiger partial charge in [-0.15, -0.1) is 0 Å². The lowest BCUT2D eigenvalue weighted by atomic mass is 10.1. The average molecular weight is 283 g/mol. The molecule has 19 heavy (non-hydrogen) atoms. The second kappa shape index (κ2) is 5.68. The molecule has 1 amide bonds. The fraction of sp³-hybridized carbons (Fsp3) is 0.417. The zero-order valence-electron chi connectivity index (χ0n) is 10.4. The lowest BCUT2D eigenvalue weighted by Gasteiger charge is -2.10. The van der Waals surface area contributed by atoms with Crippen molar-refractivity contribution >= 4 is 21.6 Å². The molecule has 1 aliphatic rings. The zero-order valence-corrected chi connectivity index (χ0v) is 11.2. The van der Waals surface area contributed by atoms with E-state index in [1.54, 1.807) is 12.1 Å². The van der Waals surface area contributed by atoms with Gasteiger partial charge in [-0.3, -0.25) is 4.79 Å². The molecule has 2 rings (SSSR count). The summed E-state index contributed by atoms with van der Waals surface area (Å²) in [7, 11) is -3.27. The molecule has 1 atom stereocenters. The molecule has 4 N–H and O–H groups in total. The number of nitrogens with two attached hydrogens (primary N) is 1. The second-order valence-corrected chi connectivity index (χ2v) is 6.38. The van der Waals surface area contributed by atoms with Crippen molar-refractivity contribution in [1.29, 1.82) is 0 Å². The van der Waals surface area contributed by atoms with Gasteiger partial charge in [-0.25, -0.2) is 13.1 Å². The van der Waals surface area contributed by atoms with Crippen molar-refractivity contribution in [2.45, 2.75) is 18.9 Å². The minimum Gasteiger partial charge on any atom is -0.330 e. The van der Waals surface area contributed by atoms with E-state index in [1.807, 2.05) is 12.1 Å². The number of rotatable bonds is 4.